The molecule has 1 N–H and O–H groups in total. The summed E-state index contributed by atoms with van der Waals surface area (Å²) in [5.41, 5.74) is 1.63. The Hall–Kier alpha value is -2.20. The van der Waals surface area contributed by atoms with Crippen LogP contribution in [0.4, 0.5) is 10.1 Å². The topological polar surface area (TPSA) is 32.3 Å². The lowest BCUT2D eigenvalue weighted by Crippen LogP contribution is -2.46. The smallest absolute Gasteiger partial charge is 0.241 e. The molecule has 1 aliphatic rings. The van der Waals surface area contributed by atoms with Gasteiger partial charge in [0.15, 0.2) is 0 Å². The number of carbonyl (C=O) groups excluding carboxylic acids is 1. The maximum absolute atomic E-state index is 13.7. The molecule has 0 unspecified atom stereocenters. The number of rotatable bonds is 5. The highest BCUT2D eigenvalue weighted by molar-refractivity contribution is 5.94. The Morgan fingerprint density at radius 2 is 1.76 bits per heavy atom. The zero-order chi connectivity index (χ0) is 17.6. The van der Waals surface area contributed by atoms with E-state index in [2.05, 4.69) is 34.5 Å². The maximum atomic E-state index is 13.7. The molecule has 1 atom stereocenters. The average molecular weight is 340 g/mol. The van der Waals surface area contributed by atoms with Gasteiger partial charge in [-0.15, -0.1) is 0 Å². The second-order valence-electron chi connectivity index (χ2n) is 6.81. The average Bonchev–Trinajstić information content (AvgIpc) is 2.64. The summed E-state index contributed by atoms with van der Waals surface area (Å²) in [6.07, 6.45) is 3.28. The molecule has 4 heteroatoms. The van der Waals surface area contributed by atoms with Crippen molar-refractivity contribution < 1.29 is 9.18 Å². The molecule has 3 nitrogen and oxygen atoms in total. The van der Waals surface area contributed by atoms with Gasteiger partial charge in [0.1, 0.15) is 5.82 Å². The number of nitrogens with one attached hydrogen (secondary N) is 1. The molecule has 0 aliphatic carbocycles. The molecule has 0 aromatic heterocycles. The van der Waals surface area contributed by atoms with Crippen molar-refractivity contribution in [1.82, 2.24) is 4.90 Å². The highest BCUT2D eigenvalue weighted by Gasteiger charge is 2.27. The van der Waals surface area contributed by atoms with E-state index >= 15 is 0 Å². The fraction of sp³-hybridized carbons (Fsp3) is 0.381. The number of likely N-dealkylation sites (tertiary alicyclic amines) is 1. The molecule has 3 rings (SSSR count). The summed E-state index contributed by atoms with van der Waals surface area (Å²) in [5.74, 6) is 0.122. The summed E-state index contributed by atoms with van der Waals surface area (Å²) in [6.45, 7) is 3.71. The molecule has 1 saturated heterocycles. The van der Waals surface area contributed by atoms with Gasteiger partial charge in [-0.3, -0.25) is 9.69 Å². The molecule has 0 radical (unpaired) electrons. The summed E-state index contributed by atoms with van der Waals surface area (Å²) >= 11 is 0. The van der Waals surface area contributed by atoms with E-state index in [1.165, 1.54) is 11.6 Å². The zero-order valence-electron chi connectivity index (χ0n) is 14.6. The Morgan fingerprint density at radius 3 is 2.44 bits per heavy atom. The quantitative estimate of drug-likeness (QED) is 0.888. The van der Waals surface area contributed by atoms with E-state index in [9.17, 15) is 9.18 Å². The lowest BCUT2D eigenvalue weighted by molar-refractivity contribution is -0.121. The molecule has 2 aromatic rings. The number of benzene rings is 2. The normalized spacial score (nSPS) is 17.2. The first kappa shape index (κ1) is 17.6. The zero-order valence-corrected chi connectivity index (χ0v) is 14.6. The molecule has 0 spiro atoms. The van der Waals surface area contributed by atoms with Gasteiger partial charge in [0, 0.05) is 0 Å². The maximum Gasteiger partial charge on any atom is 0.241 e. The van der Waals surface area contributed by atoms with Gasteiger partial charge in [-0.2, -0.15) is 0 Å². The van der Waals surface area contributed by atoms with Crippen molar-refractivity contribution in [3.8, 4) is 0 Å². The number of halogens is 1. The number of hydrogen-bond donors (Lipinski definition) is 1. The van der Waals surface area contributed by atoms with Crippen LogP contribution in [0.3, 0.4) is 0 Å². The summed E-state index contributed by atoms with van der Waals surface area (Å²) in [7, 11) is 0. The van der Waals surface area contributed by atoms with E-state index < -0.39 is 5.82 Å². The van der Waals surface area contributed by atoms with Crippen LogP contribution in [0, 0.1) is 11.7 Å². The van der Waals surface area contributed by atoms with Gasteiger partial charge in [0.25, 0.3) is 0 Å². The fourth-order valence-corrected chi connectivity index (χ4v) is 3.46. The first-order chi connectivity index (χ1) is 12.1. The summed E-state index contributed by atoms with van der Waals surface area (Å²) < 4.78 is 13.7. The third-order valence-corrected chi connectivity index (χ3v) is 5.08. The molecule has 1 heterocycles. The fourth-order valence-electron chi connectivity index (χ4n) is 3.46. The number of carbonyl (C=O) groups is 1. The van der Waals surface area contributed by atoms with Gasteiger partial charge in [-0.25, -0.2) is 4.39 Å². The first-order valence-electron chi connectivity index (χ1n) is 8.97. The Balaban J connectivity index is 1.50. The second-order valence-corrected chi connectivity index (χ2v) is 6.81. The van der Waals surface area contributed by atoms with Gasteiger partial charge in [0.05, 0.1) is 11.7 Å². The van der Waals surface area contributed by atoms with Crippen LogP contribution in [0.15, 0.2) is 54.6 Å². The van der Waals surface area contributed by atoms with E-state index in [-0.39, 0.29) is 17.6 Å². The minimum Gasteiger partial charge on any atom is -0.322 e. The highest BCUT2D eigenvalue weighted by atomic mass is 19.1. The molecule has 132 valence electrons. The Bertz CT molecular complexity index is 696. The van der Waals surface area contributed by atoms with Gasteiger partial charge in [0.2, 0.25) is 5.91 Å². The third kappa shape index (κ3) is 4.67. The van der Waals surface area contributed by atoms with E-state index in [1.54, 1.807) is 18.2 Å². The van der Waals surface area contributed by atoms with Gasteiger partial charge in [-0.05, 0) is 62.9 Å². The molecule has 2 aromatic carbocycles. The number of para-hydroxylation sites is 1. The van der Waals surface area contributed by atoms with Gasteiger partial charge < -0.3 is 5.32 Å². The minimum atomic E-state index is -0.399. The number of hydrogen-bond acceptors (Lipinski definition) is 2. The summed E-state index contributed by atoms with van der Waals surface area (Å²) in [5, 5.41) is 2.70. The predicted octanol–water partition coefficient (Wildman–Crippen LogP) is 4.11. The van der Waals surface area contributed by atoms with Gasteiger partial charge in [-0.1, -0.05) is 42.5 Å². The van der Waals surface area contributed by atoms with E-state index in [1.807, 2.05) is 13.0 Å². The number of nitrogens with zero attached hydrogens (tertiary/aromatic N) is 1. The van der Waals surface area contributed by atoms with Crippen molar-refractivity contribution in [2.24, 2.45) is 5.92 Å². The molecular formula is C21H25FN2O. The van der Waals surface area contributed by atoms with Crippen molar-refractivity contribution in [3.05, 3.63) is 66.0 Å². The van der Waals surface area contributed by atoms with Crippen molar-refractivity contribution in [3.63, 3.8) is 0 Å². The number of amides is 1. The predicted molar refractivity (Wildman–Crippen MR) is 98.9 cm³/mol. The Labute approximate surface area is 148 Å². The van der Waals surface area contributed by atoms with Crippen LogP contribution in [0.25, 0.3) is 0 Å². The van der Waals surface area contributed by atoms with Crippen LogP contribution in [0.1, 0.15) is 25.3 Å². The molecule has 1 aliphatic heterocycles. The largest absolute Gasteiger partial charge is 0.322 e. The Kier molecular flexibility index (Phi) is 5.82. The summed E-state index contributed by atoms with van der Waals surface area (Å²) in [6, 6.07) is 16.6. The monoisotopic (exact) mass is 340 g/mol. The van der Waals surface area contributed by atoms with Crippen LogP contribution >= 0.6 is 0 Å². The molecule has 0 saturated carbocycles. The van der Waals surface area contributed by atoms with Crippen molar-refractivity contribution >= 4 is 11.6 Å². The van der Waals surface area contributed by atoms with Crippen LogP contribution in [0.2, 0.25) is 0 Å². The molecule has 1 amide bonds. The standard InChI is InChI=1S/C21H25FN2O/c1-16(21(25)23-20-10-6-5-9-19(20)22)24-13-11-18(12-14-24)15-17-7-3-2-4-8-17/h2-10,16,18H,11-15H2,1H3,(H,23,25)/t16-/m0/s1. The number of anilines is 1. The van der Waals surface area contributed by atoms with Gasteiger partial charge >= 0.3 is 0 Å². The first-order valence-corrected chi connectivity index (χ1v) is 8.97. The highest BCUT2D eigenvalue weighted by Crippen LogP contribution is 2.23. The van der Waals surface area contributed by atoms with Crippen molar-refractivity contribution in [2.45, 2.75) is 32.2 Å². The van der Waals surface area contributed by atoms with Crippen LogP contribution in [-0.2, 0) is 11.2 Å². The van der Waals surface area contributed by atoms with E-state index in [4.69, 9.17) is 0 Å². The van der Waals surface area contributed by atoms with Crippen LogP contribution in [-0.4, -0.2) is 29.9 Å². The van der Waals surface area contributed by atoms with E-state index in [0.717, 1.165) is 32.4 Å². The summed E-state index contributed by atoms with van der Waals surface area (Å²) in [4.78, 5) is 14.6. The van der Waals surface area contributed by atoms with Crippen molar-refractivity contribution in [1.29, 1.82) is 0 Å². The molecule has 0 bridgehead atoms. The lowest BCUT2D eigenvalue weighted by atomic mass is 9.89. The lowest BCUT2D eigenvalue weighted by Gasteiger charge is -2.35. The Morgan fingerprint density at radius 1 is 1.12 bits per heavy atom. The molecule has 25 heavy (non-hydrogen) atoms. The second kappa shape index (κ2) is 8.26. The SMILES string of the molecule is C[C@@H](C(=O)Nc1ccccc1F)N1CCC(Cc2ccccc2)CC1. The van der Waals surface area contributed by atoms with E-state index in [0.29, 0.717) is 5.92 Å². The molecule has 1 fully saturated rings. The van der Waals surface area contributed by atoms with Crippen LogP contribution in [0.5, 0.6) is 0 Å². The third-order valence-electron chi connectivity index (χ3n) is 5.08. The van der Waals surface area contributed by atoms with Crippen LogP contribution < -0.4 is 5.32 Å². The molecular weight excluding hydrogens is 315 g/mol. The number of piperidine rings is 1. The van der Waals surface area contributed by atoms with Crippen molar-refractivity contribution in [2.75, 3.05) is 18.4 Å². The minimum absolute atomic E-state index is 0.147.